The largest absolute Gasteiger partial charge is 0.495 e. The Hall–Kier alpha value is -2.79. The Labute approximate surface area is 137 Å². The molecule has 116 valence electrons. The SMILES string of the molecule is COc1ccc(NC(=O)c2cc(-c3ccccc3)on2)cc1Cl. The second-order valence-corrected chi connectivity index (χ2v) is 5.15. The summed E-state index contributed by atoms with van der Waals surface area (Å²) in [7, 11) is 1.53. The number of rotatable bonds is 4. The minimum Gasteiger partial charge on any atom is -0.495 e. The highest BCUT2D eigenvalue weighted by molar-refractivity contribution is 6.32. The van der Waals surface area contributed by atoms with Crippen LogP contribution in [0.25, 0.3) is 11.3 Å². The van der Waals surface area contributed by atoms with Crippen LogP contribution in [0.1, 0.15) is 10.5 Å². The molecule has 0 spiro atoms. The molecule has 0 aliphatic heterocycles. The molecule has 1 heterocycles. The lowest BCUT2D eigenvalue weighted by Crippen LogP contribution is -2.12. The molecule has 0 aliphatic carbocycles. The molecule has 0 unspecified atom stereocenters. The first-order valence-corrected chi connectivity index (χ1v) is 7.22. The van der Waals surface area contributed by atoms with Crippen molar-refractivity contribution in [2.45, 2.75) is 0 Å². The van der Waals surface area contributed by atoms with Crippen molar-refractivity contribution in [2.24, 2.45) is 0 Å². The standard InChI is InChI=1S/C17H13ClN2O3/c1-22-15-8-7-12(9-13(15)18)19-17(21)14-10-16(23-20-14)11-5-3-2-4-6-11/h2-10H,1H3,(H,19,21). The van der Waals surface area contributed by atoms with Gasteiger partial charge in [0.25, 0.3) is 5.91 Å². The zero-order valence-corrected chi connectivity index (χ0v) is 13.0. The number of benzene rings is 2. The predicted octanol–water partition coefficient (Wildman–Crippen LogP) is 4.26. The van der Waals surface area contributed by atoms with Gasteiger partial charge in [0.15, 0.2) is 11.5 Å². The van der Waals surface area contributed by atoms with E-state index in [4.69, 9.17) is 20.9 Å². The average molecular weight is 329 g/mol. The second-order valence-electron chi connectivity index (χ2n) is 4.75. The molecule has 1 N–H and O–H groups in total. The van der Waals surface area contributed by atoms with E-state index in [9.17, 15) is 4.79 Å². The maximum atomic E-state index is 12.2. The molecule has 6 heteroatoms. The van der Waals surface area contributed by atoms with Crippen molar-refractivity contribution in [3.63, 3.8) is 0 Å². The second kappa shape index (κ2) is 6.54. The van der Waals surface area contributed by atoms with Crippen LogP contribution in [0, 0.1) is 0 Å². The first kappa shape index (κ1) is 15.1. The maximum Gasteiger partial charge on any atom is 0.277 e. The van der Waals surface area contributed by atoms with Crippen molar-refractivity contribution >= 4 is 23.2 Å². The van der Waals surface area contributed by atoms with Gasteiger partial charge in [-0.1, -0.05) is 47.1 Å². The van der Waals surface area contributed by atoms with E-state index in [-0.39, 0.29) is 11.6 Å². The summed E-state index contributed by atoms with van der Waals surface area (Å²) >= 11 is 6.03. The van der Waals surface area contributed by atoms with Crippen LogP contribution in [0.5, 0.6) is 5.75 Å². The fourth-order valence-corrected chi connectivity index (χ4v) is 2.32. The van der Waals surface area contributed by atoms with Crippen molar-refractivity contribution in [2.75, 3.05) is 12.4 Å². The summed E-state index contributed by atoms with van der Waals surface area (Å²) in [5, 5.41) is 6.93. The van der Waals surface area contributed by atoms with E-state index >= 15 is 0 Å². The molecule has 0 aliphatic rings. The number of methoxy groups -OCH3 is 1. The number of carbonyl (C=O) groups is 1. The average Bonchev–Trinajstić information content (AvgIpc) is 3.06. The Bertz CT molecular complexity index is 831. The van der Waals surface area contributed by atoms with Gasteiger partial charge in [-0.05, 0) is 18.2 Å². The van der Waals surface area contributed by atoms with E-state index < -0.39 is 0 Å². The topological polar surface area (TPSA) is 64.4 Å². The number of amides is 1. The monoisotopic (exact) mass is 328 g/mol. The van der Waals surface area contributed by atoms with Gasteiger partial charge in [0, 0.05) is 17.3 Å². The molecule has 2 aromatic carbocycles. The van der Waals surface area contributed by atoms with E-state index in [0.717, 1.165) is 5.56 Å². The van der Waals surface area contributed by atoms with E-state index in [1.165, 1.54) is 7.11 Å². The lowest BCUT2D eigenvalue weighted by atomic mass is 10.1. The number of hydrogen-bond acceptors (Lipinski definition) is 4. The van der Waals surface area contributed by atoms with E-state index in [2.05, 4.69) is 10.5 Å². The first-order chi connectivity index (χ1) is 11.2. The predicted molar refractivity (Wildman–Crippen MR) is 87.9 cm³/mol. The minimum absolute atomic E-state index is 0.191. The molecule has 1 aromatic heterocycles. The maximum absolute atomic E-state index is 12.2. The van der Waals surface area contributed by atoms with Crippen LogP contribution in [0.3, 0.4) is 0 Å². The van der Waals surface area contributed by atoms with Crippen molar-refractivity contribution in [3.05, 3.63) is 65.3 Å². The van der Waals surface area contributed by atoms with Gasteiger partial charge in [0.1, 0.15) is 5.75 Å². The quantitative estimate of drug-likeness (QED) is 0.777. The Morgan fingerprint density at radius 3 is 2.65 bits per heavy atom. The normalized spacial score (nSPS) is 10.3. The molecule has 0 atom stereocenters. The summed E-state index contributed by atoms with van der Waals surface area (Å²) < 4.78 is 10.3. The third-order valence-corrected chi connectivity index (χ3v) is 3.51. The fourth-order valence-electron chi connectivity index (χ4n) is 2.06. The lowest BCUT2D eigenvalue weighted by molar-refractivity contribution is 0.101. The van der Waals surface area contributed by atoms with Gasteiger partial charge in [-0.3, -0.25) is 4.79 Å². The van der Waals surface area contributed by atoms with Crippen LogP contribution in [0.4, 0.5) is 5.69 Å². The van der Waals surface area contributed by atoms with Crippen LogP contribution in [0.2, 0.25) is 5.02 Å². The minimum atomic E-state index is -0.378. The lowest BCUT2D eigenvalue weighted by Gasteiger charge is -2.06. The molecule has 0 bridgehead atoms. The number of ether oxygens (including phenoxy) is 1. The molecule has 0 fully saturated rings. The highest BCUT2D eigenvalue weighted by Gasteiger charge is 2.14. The summed E-state index contributed by atoms with van der Waals surface area (Å²) in [5.74, 6) is 0.693. The molecule has 5 nitrogen and oxygen atoms in total. The van der Waals surface area contributed by atoms with Crippen molar-refractivity contribution in [1.82, 2.24) is 5.16 Å². The Kier molecular flexibility index (Phi) is 4.30. The molecule has 1 amide bonds. The number of aromatic nitrogens is 1. The van der Waals surface area contributed by atoms with E-state index in [1.54, 1.807) is 24.3 Å². The molecule has 0 radical (unpaired) electrons. The van der Waals surface area contributed by atoms with Crippen LogP contribution in [0.15, 0.2) is 59.1 Å². The summed E-state index contributed by atoms with van der Waals surface area (Å²) in [6.45, 7) is 0. The summed E-state index contributed by atoms with van der Waals surface area (Å²) in [6.07, 6.45) is 0. The highest BCUT2D eigenvalue weighted by atomic mass is 35.5. The van der Waals surface area contributed by atoms with Gasteiger partial charge in [-0.2, -0.15) is 0 Å². The fraction of sp³-hybridized carbons (Fsp3) is 0.0588. The summed E-state index contributed by atoms with van der Waals surface area (Å²) in [4.78, 5) is 12.2. The molecule has 3 rings (SSSR count). The van der Waals surface area contributed by atoms with Crippen LogP contribution >= 0.6 is 11.6 Å². The van der Waals surface area contributed by atoms with E-state index in [1.807, 2.05) is 30.3 Å². The molecular weight excluding hydrogens is 316 g/mol. The number of halogens is 1. The Balaban J connectivity index is 1.76. The third kappa shape index (κ3) is 3.35. The van der Waals surface area contributed by atoms with Gasteiger partial charge in [-0.25, -0.2) is 0 Å². The van der Waals surface area contributed by atoms with Gasteiger partial charge in [-0.15, -0.1) is 0 Å². The number of nitrogens with one attached hydrogen (secondary N) is 1. The number of carbonyl (C=O) groups excluding carboxylic acids is 1. The van der Waals surface area contributed by atoms with Gasteiger partial charge in [0.05, 0.1) is 12.1 Å². The zero-order valence-electron chi connectivity index (χ0n) is 12.2. The molecule has 0 saturated heterocycles. The van der Waals surface area contributed by atoms with Crippen LogP contribution in [-0.4, -0.2) is 18.2 Å². The highest BCUT2D eigenvalue weighted by Crippen LogP contribution is 2.27. The number of hydrogen-bond donors (Lipinski definition) is 1. The van der Waals surface area contributed by atoms with Crippen molar-refractivity contribution in [3.8, 4) is 17.1 Å². The Morgan fingerprint density at radius 2 is 1.96 bits per heavy atom. The van der Waals surface area contributed by atoms with Crippen LogP contribution in [-0.2, 0) is 0 Å². The first-order valence-electron chi connectivity index (χ1n) is 6.84. The summed E-state index contributed by atoms with van der Waals surface area (Å²) in [5.41, 5.74) is 1.59. The van der Waals surface area contributed by atoms with E-state index in [0.29, 0.717) is 22.2 Å². The van der Waals surface area contributed by atoms with Crippen molar-refractivity contribution < 1.29 is 14.1 Å². The smallest absolute Gasteiger partial charge is 0.277 e. The van der Waals surface area contributed by atoms with Gasteiger partial charge < -0.3 is 14.6 Å². The zero-order chi connectivity index (χ0) is 16.2. The van der Waals surface area contributed by atoms with Gasteiger partial charge >= 0.3 is 0 Å². The molecule has 23 heavy (non-hydrogen) atoms. The van der Waals surface area contributed by atoms with Crippen molar-refractivity contribution in [1.29, 1.82) is 0 Å². The number of nitrogens with zero attached hydrogens (tertiary/aromatic N) is 1. The molecular formula is C17H13ClN2O3. The third-order valence-electron chi connectivity index (χ3n) is 3.21. The summed E-state index contributed by atoms with van der Waals surface area (Å²) in [6, 6.07) is 16.0. The number of anilines is 1. The Morgan fingerprint density at radius 1 is 1.17 bits per heavy atom. The molecule has 3 aromatic rings. The molecule has 0 saturated carbocycles. The van der Waals surface area contributed by atoms with Crippen LogP contribution < -0.4 is 10.1 Å². The van der Waals surface area contributed by atoms with Gasteiger partial charge in [0.2, 0.25) is 0 Å².